The first-order chi connectivity index (χ1) is 46.0. The molecule has 0 spiro atoms. The smallest absolute Gasteiger partial charge is 0.410 e. The number of hydrogen-bond donors (Lipinski definition) is 6. The van der Waals surface area contributed by atoms with Crippen LogP contribution in [0, 0.1) is 19.7 Å². The Morgan fingerprint density at radius 2 is 0.884 bits per heavy atom. The summed E-state index contributed by atoms with van der Waals surface area (Å²) in [6, 6.07) is 20.5. The van der Waals surface area contributed by atoms with Gasteiger partial charge in [0.25, 0.3) is 11.8 Å². The number of carbonyl (C=O) groups excluding carboxylic acids is 6. The Labute approximate surface area is 551 Å². The number of aromatic amines is 4. The van der Waals surface area contributed by atoms with E-state index in [1.807, 2.05) is 77.1 Å². The first-order valence-electron chi connectivity index (χ1n) is 34.5. The van der Waals surface area contributed by atoms with Crippen molar-refractivity contribution in [2.75, 3.05) is 89.2 Å². The van der Waals surface area contributed by atoms with Gasteiger partial charge in [0.2, 0.25) is 0 Å². The largest absolute Gasteiger partial charge is 0.436 e. The molecule has 6 fully saturated rings. The molecule has 95 heavy (non-hydrogen) atoms. The van der Waals surface area contributed by atoms with Crippen molar-refractivity contribution in [2.45, 2.75) is 166 Å². The van der Waals surface area contributed by atoms with Gasteiger partial charge in [-0.15, -0.1) is 0 Å². The average molecular weight is 1310 g/mol. The summed E-state index contributed by atoms with van der Waals surface area (Å²) >= 11 is 0. The number of ether oxygens (including phenoxy) is 2. The molecule has 6 aromatic rings. The van der Waals surface area contributed by atoms with Gasteiger partial charge < -0.3 is 79.2 Å². The predicted octanol–water partition coefficient (Wildman–Crippen LogP) is 8.54. The third-order valence-electron chi connectivity index (χ3n) is 21.1. The number of urea groups is 2. The van der Waals surface area contributed by atoms with Gasteiger partial charge in [0.15, 0.2) is 12.2 Å². The second-order valence-electron chi connectivity index (χ2n) is 27.3. The Morgan fingerprint density at radius 3 is 1.36 bits per heavy atom. The SMILES string of the molecule is Cc1cc(CC(OC(=O)N2CCC(N3Cc4cccc(F)c4NC3=O)CC2)C(=O)N2CCC(N3CCCCC3)CC2)cc2[nH]c(=O)[nH]c12.Cc1cc(CC(OC(=O)N2CCC(N3Cc4ccccc4NC3=O)CC2)C(=O)N2CCC(N3CCCCC3)CC2)cc2[nH]c(=O)[nH]c12. The number of para-hydroxylation sites is 2. The van der Waals surface area contributed by atoms with Gasteiger partial charge in [0.05, 0.1) is 27.8 Å². The van der Waals surface area contributed by atoms with Crippen LogP contribution in [0.1, 0.15) is 123 Å². The number of rotatable bonds is 12. The van der Waals surface area contributed by atoms with Crippen molar-refractivity contribution in [3.63, 3.8) is 0 Å². The predicted molar refractivity (Wildman–Crippen MR) is 356 cm³/mol. The van der Waals surface area contributed by atoms with Gasteiger partial charge in [0.1, 0.15) is 5.82 Å². The zero-order valence-electron chi connectivity index (χ0n) is 54.6. The van der Waals surface area contributed by atoms with Gasteiger partial charge in [-0.05, 0) is 175 Å². The second-order valence-corrected chi connectivity index (χ2v) is 27.3. The summed E-state index contributed by atoms with van der Waals surface area (Å²) in [5.74, 6) is -0.828. The first kappa shape index (κ1) is 65.0. The van der Waals surface area contributed by atoms with Crippen LogP contribution < -0.4 is 22.0 Å². The van der Waals surface area contributed by atoms with Crippen molar-refractivity contribution in [1.82, 2.24) is 59.1 Å². The monoisotopic (exact) mass is 1300 g/mol. The molecule has 506 valence electrons. The maximum absolute atomic E-state index is 14.2. The molecular formula is C70H89FN14O10. The molecule has 0 radical (unpaired) electrons. The molecule has 8 amide bonds. The number of H-pyrrole nitrogens is 4. The molecule has 25 heteroatoms. The number of nitrogens with zero attached hydrogens (tertiary/aromatic N) is 8. The number of benzene rings is 4. The van der Waals surface area contributed by atoms with Gasteiger partial charge >= 0.3 is 35.6 Å². The van der Waals surface area contributed by atoms with Crippen LogP contribution in [0.25, 0.3) is 22.1 Å². The number of aromatic nitrogens is 4. The van der Waals surface area contributed by atoms with E-state index in [4.69, 9.17) is 9.47 Å². The lowest BCUT2D eigenvalue weighted by Crippen LogP contribution is -2.53. The highest BCUT2D eigenvalue weighted by atomic mass is 19.1. The van der Waals surface area contributed by atoms with Crippen LogP contribution in [0.5, 0.6) is 0 Å². The fourth-order valence-corrected chi connectivity index (χ4v) is 15.9. The third kappa shape index (κ3) is 14.7. The van der Waals surface area contributed by atoms with Gasteiger partial charge in [-0.25, -0.2) is 33.2 Å². The van der Waals surface area contributed by atoms with Crippen LogP contribution in [-0.4, -0.2) is 210 Å². The minimum Gasteiger partial charge on any atom is -0.436 e. The molecule has 14 rings (SSSR count). The van der Waals surface area contributed by atoms with Gasteiger partial charge in [-0.3, -0.25) is 9.59 Å². The highest BCUT2D eigenvalue weighted by molar-refractivity contribution is 5.94. The molecule has 0 bridgehead atoms. The van der Waals surface area contributed by atoms with Crippen molar-refractivity contribution < 1.29 is 42.6 Å². The topological polar surface area (TPSA) is 268 Å². The molecule has 24 nitrogen and oxygen atoms in total. The number of hydrogen-bond acceptors (Lipinski definition) is 12. The number of carbonyl (C=O) groups is 6. The number of nitrogens with one attached hydrogen (secondary N) is 6. The Morgan fingerprint density at radius 1 is 0.474 bits per heavy atom. The molecule has 0 saturated carbocycles. The molecule has 6 saturated heterocycles. The summed E-state index contributed by atoms with van der Waals surface area (Å²) in [6.45, 7) is 13.3. The minimum atomic E-state index is -1.02. The van der Waals surface area contributed by atoms with E-state index in [2.05, 4.69) is 40.4 Å². The number of imidazole rings is 2. The molecular weight excluding hydrogens is 1220 g/mol. The van der Waals surface area contributed by atoms with E-state index in [1.54, 1.807) is 26.8 Å². The maximum Gasteiger partial charge on any atom is 0.410 e. The average Bonchev–Trinajstić information content (AvgIpc) is 0.989. The Bertz CT molecular complexity index is 3920. The van der Waals surface area contributed by atoms with E-state index >= 15 is 0 Å². The van der Waals surface area contributed by atoms with Crippen molar-refractivity contribution in [1.29, 1.82) is 0 Å². The molecule has 8 aliphatic heterocycles. The van der Waals surface area contributed by atoms with Crippen LogP contribution in [0.15, 0.2) is 76.3 Å². The molecule has 2 aromatic heterocycles. The summed E-state index contributed by atoms with van der Waals surface area (Å²) in [5, 5.41) is 5.67. The molecule has 10 heterocycles. The number of halogens is 1. The van der Waals surface area contributed by atoms with E-state index < -0.39 is 30.2 Å². The first-order valence-corrected chi connectivity index (χ1v) is 34.5. The molecule has 2 unspecified atom stereocenters. The van der Waals surface area contributed by atoms with Crippen molar-refractivity contribution in [3.8, 4) is 0 Å². The standard InChI is InChI=1S/C35H44FN7O5.C35H45N7O5/c1-22-18-23(19-28-30(22)38-33(45)37-28)20-29(32(44)41-14-8-25(9-15-41)40-12-3-2-4-13-40)48-35(47)42-16-10-26(11-17-42)43-21-24-6-5-7-27(36)31(24)39-34(43)46;1-23-19-24(20-29-31(23)38-33(44)36-29)21-30(32(43)40-15-9-26(10-16-40)39-13-5-2-6-14-39)47-35(46)41-17-11-27(12-18-41)42-22-25-7-3-4-8-28(25)37-34(42)45/h5-7,18-19,25-26,29H,2-4,8-17,20-21H2,1H3,(H,39,46)(H2,37,38,45);3-4,7-8,19-20,26-27,30H,2,5-6,9-18,21-22H2,1H3,(H,37,45)(H2,36,38,44). The van der Waals surface area contributed by atoms with E-state index in [9.17, 15) is 42.7 Å². The normalized spacial score (nSPS) is 20.5. The molecule has 6 N–H and O–H groups in total. The number of aryl methyl sites for hydroxylation is 2. The Hall–Kier alpha value is -8.71. The van der Waals surface area contributed by atoms with Crippen molar-refractivity contribution in [3.05, 3.63) is 127 Å². The van der Waals surface area contributed by atoms with Gasteiger partial charge in [-0.1, -0.05) is 55.3 Å². The molecule has 4 aromatic carbocycles. The van der Waals surface area contributed by atoms with Crippen LogP contribution in [-0.2, 0) is 45.0 Å². The van der Waals surface area contributed by atoms with Crippen LogP contribution in [0.2, 0.25) is 0 Å². The zero-order chi connectivity index (χ0) is 65.9. The van der Waals surface area contributed by atoms with Crippen LogP contribution >= 0.6 is 0 Å². The summed E-state index contributed by atoms with van der Waals surface area (Å²) in [5.41, 5.74) is 8.36. The van der Waals surface area contributed by atoms with Crippen LogP contribution in [0.3, 0.4) is 0 Å². The summed E-state index contributed by atoms with van der Waals surface area (Å²) in [7, 11) is 0. The fraction of sp³-hybridized carbons (Fsp3) is 0.543. The highest BCUT2D eigenvalue weighted by Crippen LogP contribution is 2.33. The fourth-order valence-electron chi connectivity index (χ4n) is 15.9. The number of fused-ring (bicyclic) bond motifs is 4. The zero-order valence-corrected chi connectivity index (χ0v) is 54.6. The van der Waals surface area contributed by atoms with Gasteiger partial charge in [-0.2, -0.15) is 0 Å². The number of amides is 8. The molecule has 0 aliphatic carbocycles. The summed E-state index contributed by atoms with van der Waals surface area (Å²) in [6.07, 6.45) is 10.8. The van der Waals surface area contributed by atoms with Crippen molar-refractivity contribution in [2.24, 2.45) is 0 Å². The molecule has 2 atom stereocenters. The maximum atomic E-state index is 14.2. The Kier molecular flexibility index (Phi) is 19.6. The summed E-state index contributed by atoms with van der Waals surface area (Å²) in [4.78, 5) is 132. The third-order valence-corrected chi connectivity index (χ3v) is 21.1. The molecule has 8 aliphatic rings. The lowest BCUT2D eigenvalue weighted by Gasteiger charge is -2.41. The lowest BCUT2D eigenvalue weighted by atomic mass is 9.98. The second kappa shape index (κ2) is 28.7. The Balaban J connectivity index is 0.000000172. The van der Waals surface area contributed by atoms with Gasteiger partial charge in [0, 0.05) is 108 Å². The number of piperidine rings is 6. The lowest BCUT2D eigenvalue weighted by molar-refractivity contribution is -0.143. The van der Waals surface area contributed by atoms with E-state index in [0.29, 0.717) is 120 Å². The van der Waals surface area contributed by atoms with Crippen LogP contribution in [0.4, 0.5) is 34.9 Å². The summed E-state index contributed by atoms with van der Waals surface area (Å²) < 4.78 is 26.3. The number of anilines is 2. The van der Waals surface area contributed by atoms with E-state index in [-0.39, 0.29) is 65.9 Å². The van der Waals surface area contributed by atoms with E-state index in [1.165, 1.54) is 44.6 Å². The van der Waals surface area contributed by atoms with E-state index in [0.717, 1.165) is 96.4 Å². The minimum absolute atomic E-state index is 0.00393. The highest BCUT2D eigenvalue weighted by Gasteiger charge is 2.40. The number of likely N-dealkylation sites (tertiary alicyclic amines) is 6. The quantitative estimate of drug-likeness (QED) is 0.0673. The van der Waals surface area contributed by atoms with Crippen molar-refractivity contribution >= 4 is 69.5 Å².